The summed E-state index contributed by atoms with van der Waals surface area (Å²) in [7, 11) is -2.81. The fourth-order valence-corrected chi connectivity index (χ4v) is 1.59. The second kappa shape index (κ2) is 4.13. The Morgan fingerprint density at radius 1 is 1.36 bits per heavy atom. The lowest BCUT2D eigenvalue weighted by atomic mass is 10.1. The van der Waals surface area contributed by atoms with Crippen LogP contribution in [-0.4, -0.2) is 12.0 Å². The molecule has 0 aliphatic heterocycles. The number of hydrogen-bond donors (Lipinski definition) is 1. The molecule has 0 spiro atoms. The Bertz CT molecular complexity index is 375. The van der Waals surface area contributed by atoms with E-state index in [-0.39, 0.29) is 0 Å². The van der Waals surface area contributed by atoms with Crippen LogP contribution in [0.4, 0.5) is 0 Å². The summed E-state index contributed by atoms with van der Waals surface area (Å²) >= 11 is 0. The van der Waals surface area contributed by atoms with Gasteiger partial charge in [0.05, 0.1) is 0 Å². The molecule has 1 aromatic rings. The molecule has 1 rings (SSSR count). The van der Waals surface area contributed by atoms with Crippen molar-refractivity contribution in [3.05, 3.63) is 29.3 Å². The van der Waals surface area contributed by atoms with Crippen molar-refractivity contribution < 1.29 is 18.5 Å². The van der Waals surface area contributed by atoms with Crippen molar-refractivity contribution in [3.63, 3.8) is 0 Å². The molecule has 5 heteroatoms. The van der Waals surface area contributed by atoms with Crippen LogP contribution >= 0.6 is 7.82 Å². The van der Waals surface area contributed by atoms with Gasteiger partial charge < -0.3 is 4.52 Å². The van der Waals surface area contributed by atoms with E-state index in [1.54, 1.807) is 19.1 Å². The van der Waals surface area contributed by atoms with Gasteiger partial charge in [-0.05, 0) is 25.5 Å². The molecule has 0 heterocycles. The predicted molar refractivity (Wildman–Crippen MR) is 53.4 cm³/mol. The van der Waals surface area contributed by atoms with E-state index < -0.39 is 7.82 Å². The molecule has 1 atom stereocenters. The normalized spacial score (nSPS) is 14.9. The standard InChI is InChI=1S/C9H13O4P/c1-7-4-5-9(8(2)6-7)13-14(10,11)12-3/h4-6H,1-3H3,(H,10,11). The van der Waals surface area contributed by atoms with E-state index in [2.05, 4.69) is 4.52 Å². The third kappa shape index (κ3) is 2.84. The lowest BCUT2D eigenvalue weighted by Crippen LogP contribution is -1.95. The molecule has 14 heavy (non-hydrogen) atoms. The zero-order chi connectivity index (χ0) is 10.8. The molecule has 0 aromatic heterocycles. The van der Waals surface area contributed by atoms with Crippen molar-refractivity contribution >= 4 is 7.82 Å². The molecule has 0 fully saturated rings. The molecule has 1 unspecified atom stereocenters. The summed E-state index contributed by atoms with van der Waals surface area (Å²) in [5, 5.41) is 0. The molecule has 0 radical (unpaired) electrons. The maximum absolute atomic E-state index is 11.1. The number of hydrogen-bond acceptors (Lipinski definition) is 3. The second-order valence-corrected chi connectivity index (χ2v) is 4.50. The summed E-state index contributed by atoms with van der Waals surface area (Å²) in [5.41, 5.74) is 1.87. The number of benzene rings is 1. The minimum Gasteiger partial charge on any atom is -0.404 e. The Hall–Kier alpha value is -0.830. The average molecular weight is 216 g/mol. The van der Waals surface area contributed by atoms with Gasteiger partial charge >= 0.3 is 7.82 Å². The van der Waals surface area contributed by atoms with Crippen molar-refractivity contribution in [3.8, 4) is 5.75 Å². The smallest absolute Gasteiger partial charge is 0.404 e. The maximum Gasteiger partial charge on any atom is 0.527 e. The van der Waals surface area contributed by atoms with Gasteiger partial charge in [0.15, 0.2) is 0 Å². The van der Waals surface area contributed by atoms with Crippen molar-refractivity contribution in [1.29, 1.82) is 0 Å². The first-order valence-electron chi connectivity index (χ1n) is 4.10. The molecular formula is C9H13O4P. The lowest BCUT2D eigenvalue weighted by molar-refractivity contribution is 0.242. The molecule has 78 valence electrons. The summed E-state index contributed by atoms with van der Waals surface area (Å²) in [4.78, 5) is 9.08. The quantitative estimate of drug-likeness (QED) is 0.788. The van der Waals surface area contributed by atoms with E-state index in [4.69, 9.17) is 9.42 Å². The van der Waals surface area contributed by atoms with Gasteiger partial charge in [0, 0.05) is 7.11 Å². The van der Waals surface area contributed by atoms with E-state index in [1.807, 2.05) is 13.0 Å². The van der Waals surface area contributed by atoms with E-state index in [0.29, 0.717) is 5.75 Å². The molecular weight excluding hydrogens is 203 g/mol. The first kappa shape index (κ1) is 11.2. The largest absolute Gasteiger partial charge is 0.527 e. The highest BCUT2D eigenvalue weighted by molar-refractivity contribution is 7.47. The van der Waals surface area contributed by atoms with Crippen LogP contribution in [0.3, 0.4) is 0 Å². The summed E-state index contributed by atoms with van der Waals surface area (Å²) in [5.74, 6) is 0.364. The van der Waals surface area contributed by atoms with Gasteiger partial charge in [-0.1, -0.05) is 17.7 Å². The Balaban J connectivity index is 2.93. The fourth-order valence-electron chi connectivity index (χ4n) is 1.06. The van der Waals surface area contributed by atoms with Crippen molar-refractivity contribution in [2.45, 2.75) is 13.8 Å². The van der Waals surface area contributed by atoms with Gasteiger partial charge in [-0.25, -0.2) is 4.57 Å². The first-order valence-corrected chi connectivity index (χ1v) is 5.59. The topological polar surface area (TPSA) is 55.8 Å². The number of phosphoric ester groups is 1. The molecule has 1 aromatic carbocycles. The Labute approximate surface area is 83.1 Å². The van der Waals surface area contributed by atoms with E-state index in [1.165, 1.54) is 0 Å². The van der Waals surface area contributed by atoms with Crippen LogP contribution in [0.15, 0.2) is 18.2 Å². The molecule has 4 nitrogen and oxygen atoms in total. The predicted octanol–water partition coefficient (Wildman–Crippen LogP) is 2.43. The molecule has 0 aliphatic rings. The zero-order valence-corrected chi connectivity index (χ0v) is 9.25. The summed E-state index contributed by atoms with van der Waals surface area (Å²) in [6, 6.07) is 5.32. The number of aryl methyl sites for hydroxylation is 2. The van der Waals surface area contributed by atoms with Gasteiger partial charge in [-0.3, -0.25) is 9.42 Å². The highest BCUT2D eigenvalue weighted by atomic mass is 31.2. The molecule has 0 bridgehead atoms. The summed E-state index contributed by atoms with van der Waals surface area (Å²) < 4.78 is 20.2. The second-order valence-electron chi connectivity index (χ2n) is 3.01. The van der Waals surface area contributed by atoms with Crippen LogP contribution in [0.25, 0.3) is 0 Å². The molecule has 0 aliphatic carbocycles. The van der Waals surface area contributed by atoms with Crippen molar-refractivity contribution in [1.82, 2.24) is 0 Å². The lowest BCUT2D eigenvalue weighted by Gasteiger charge is -2.12. The molecule has 0 saturated carbocycles. The van der Waals surface area contributed by atoms with Crippen molar-refractivity contribution in [2.75, 3.05) is 7.11 Å². The molecule has 0 saturated heterocycles. The maximum atomic E-state index is 11.1. The van der Waals surface area contributed by atoms with E-state index >= 15 is 0 Å². The summed E-state index contributed by atoms with van der Waals surface area (Å²) in [6.07, 6.45) is 0. The average Bonchev–Trinajstić information content (AvgIpc) is 2.10. The number of phosphoric acid groups is 1. The Morgan fingerprint density at radius 2 is 2.00 bits per heavy atom. The molecule has 1 N–H and O–H groups in total. The van der Waals surface area contributed by atoms with Gasteiger partial charge in [0.25, 0.3) is 0 Å². The van der Waals surface area contributed by atoms with E-state index in [9.17, 15) is 4.57 Å². The van der Waals surface area contributed by atoms with Crippen LogP contribution in [0.2, 0.25) is 0 Å². The number of rotatable bonds is 3. The minimum atomic E-state index is -3.94. The van der Waals surface area contributed by atoms with Crippen LogP contribution in [0.1, 0.15) is 11.1 Å². The highest BCUT2D eigenvalue weighted by Crippen LogP contribution is 2.43. The van der Waals surface area contributed by atoms with E-state index in [0.717, 1.165) is 18.2 Å². The SMILES string of the molecule is COP(=O)(O)Oc1ccc(C)cc1C. The fraction of sp³-hybridized carbons (Fsp3) is 0.333. The third-order valence-corrected chi connectivity index (χ3v) is 2.66. The van der Waals surface area contributed by atoms with Gasteiger partial charge in [-0.15, -0.1) is 0 Å². The van der Waals surface area contributed by atoms with Gasteiger partial charge in [-0.2, -0.15) is 0 Å². The minimum absolute atomic E-state index is 0.364. The highest BCUT2D eigenvalue weighted by Gasteiger charge is 2.21. The van der Waals surface area contributed by atoms with Crippen molar-refractivity contribution in [2.24, 2.45) is 0 Å². The van der Waals surface area contributed by atoms with Crippen LogP contribution in [0, 0.1) is 13.8 Å². The Morgan fingerprint density at radius 3 is 2.50 bits per heavy atom. The first-order chi connectivity index (χ1) is 6.44. The van der Waals surface area contributed by atoms with Crippen LogP contribution in [-0.2, 0) is 9.09 Å². The van der Waals surface area contributed by atoms with Gasteiger partial charge in [0.2, 0.25) is 0 Å². The molecule has 0 amide bonds. The van der Waals surface area contributed by atoms with Crippen LogP contribution in [0.5, 0.6) is 5.75 Å². The Kier molecular flexibility index (Phi) is 3.32. The van der Waals surface area contributed by atoms with Gasteiger partial charge in [0.1, 0.15) is 5.75 Å². The third-order valence-electron chi connectivity index (χ3n) is 1.77. The zero-order valence-electron chi connectivity index (χ0n) is 8.35. The monoisotopic (exact) mass is 216 g/mol. The summed E-state index contributed by atoms with van der Waals surface area (Å²) in [6.45, 7) is 3.74. The van der Waals surface area contributed by atoms with Crippen LogP contribution < -0.4 is 4.52 Å².